The summed E-state index contributed by atoms with van der Waals surface area (Å²) in [6.45, 7) is 0. The maximum absolute atomic E-state index is 5.71. The van der Waals surface area contributed by atoms with Gasteiger partial charge in [-0.25, -0.2) is 0 Å². The summed E-state index contributed by atoms with van der Waals surface area (Å²) in [6, 6.07) is 17.2. The van der Waals surface area contributed by atoms with Gasteiger partial charge in [0.2, 0.25) is 0 Å². The first-order chi connectivity index (χ1) is 9.38. The van der Waals surface area contributed by atoms with Gasteiger partial charge in [0.25, 0.3) is 0 Å². The van der Waals surface area contributed by atoms with Crippen LogP contribution in [0.1, 0.15) is 17.2 Å². The Hall–Kier alpha value is -1.68. The van der Waals surface area contributed by atoms with Gasteiger partial charge in [0, 0.05) is 0 Å². The van der Waals surface area contributed by atoms with Crippen molar-refractivity contribution in [1.82, 2.24) is 5.43 Å². The molecule has 3 N–H and O–H groups in total. The lowest BCUT2D eigenvalue weighted by Gasteiger charge is -2.16. The second-order valence-corrected chi connectivity index (χ2v) is 5.40. The predicted octanol–water partition coefficient (Wildman–Crippen LogP) is 3.65. The highest BCUT2D eigenvalue weighted by atomic mass is 32.1. The van der Waals surface area contributed by atoms with Crippen LogP contribution in [0, 0.1) is 0 Å². The molecule has 3 rings (SSSR count). The van der Waals surface area contributed by atoms with Crippen LogP contribution in [0.25, 0.3) is 10.8 Å². The monoisotopic (exact) mass is 268 g/mol. The minimum absolute atomic E-state index is 0.164. The van der Waals surface area contributed by atoms with Gasteiger partial charge in [0.05, 0.1) is 6.04 Å². The van der Waals surface area contributed by atoms with Gasteiger partial charge in [-0.3, -0.25) is 11.3 Å². The number of benzene rings is 2. The Morgan fingerprint density at radius 2 is 1.89 bits per heavy atom. The second-order valence-electron chi connectivity index (χ2n) is 4.62. The van der Waals surface area contributed by atoms with Crippen LogP contribution in [0.2, 0.25) is 0 Å². The Balaban J connectivity index is 1.96. The van der Waals surface area contributed by atoms with E-state index in [-0.39, 0.29) is 6.04 Å². The van der Waals surface area contributed by atoms with E-state index in [4.69, 9.17) is 5.84 Å². The van der Waals surface area contributed by atoms with E-state index in [1.54, 1.807) is 11.3 Å². The Morgan fingerprint density at radius 3 is 2.68 bits per heavy atom. The van der Waals surface area contributed by atoms with Crippen LogP contribution in [0.4, 0.5) is 0 Å². The summed E-state index contributed by atoms with van der Waals surface area (Å²) in [5, 5.41) is 6.82. The molecule has 2 nitrogen and oxygen atoms in total. The quantitative estimate of drug-likeness (QED) is 0.560. The zero-order valence-electron chi connectivity index (χ0n) is 10.5. The fourth-order valence-electron chi connectivity index (χ4n) is 2.44. The summed E-state index contributed by atoms with van der Waals surface area (Å²) < 4.78 is 0. The number of nitrogens with one attached hydrogen (secondary N) is 1. The van der Waals surface area contributed by atoms with Crippen molar-refractivity contribution in [3.63, 3.8) is 0 Å². The molecule has 0 aliphatic heterocycles. The SMILES string of the molecule is NNC(Cc1cccc2ccccc12)c1ccsc1. The van der Waals surface area contributed by atoms with Crippen molar-refractivity contribution in [3.05, 3.63) is 70.4 Å². The van der Waals surface area contributed by atoms with E-state index >= 15 is 0 Å². The van der Waals surface area contributed by atoms with Crippen LogP contribution in [-0.4, -0.2) is 0 Å². The van der Waals surface area contributed by atoms with E-state index in [0.29, 0.717) is 0 Å². The molecule has 0 radical (unpaired) electrons. The van der Waals surface area contributed by atoms with Crippen LogP contribution in [0.3, 0.4) is 0 Å². The largest absolute Gasteiger partial charge is 0.271 e. The molecule has 96 valence electrons. The van der Waals surface area contributed by atoms with Crippen LogP contribution in [-0.2, 0) is 6.42 Å². The molecule has 3 heteroatoms. The molecule has 2 aromatic carbocycles. The molecule has 1 unspecified atom stereocenters. The molecular formula is C16H16N2S. The van der Waals surface area contributed by atoms with Crippen LogP contribution < -0.4 is 11.3 Å². The van der Waals surface area contributed by atoms with E-state index in [1.165, 1.54) is 21.9 Å². The second kappa shape index (κ2) is 5.53. The van der Waals surface area contributed by atoms with Gasteiger partial charge in [0.15, 0.2) is 0 Å². The predicted molar refractivity (Wildman–Crippen MR) is 82.0 cm³/mol. The van der Waals surface area contributed by atoms with E-state index in [2.05, 4.69) is 64.7 Å². The topological polar surface area (TPSA) is 38.0 Å². The maximum atomic E-state index is 5.71. The first-order valence-electron chi connectivity index (χ1n) is 6.33. The number of hydrazine groups is 1. The normalized spacial score (nSPS) is 12.7. The molecule has 0 bridgehead atoms. The summed E-state index contributed by atoms with van der Waals surface area (Å²) in [6.07, 6.45) is 0.897. The standard InChI is InChI=1S/C16H16N2S/c17-18-16(14-8-9-19-11-14)10-13-6-3-5-12-4-1-2-7-15(12)13/h1-9,11,16,18H,10,17H2. The Kier molecular flexibility index (Phi) is 3.60. The van der Waals surface area contributed by atoms with Gasteiger partial charge in [-0.1, -0.05) is 42.5 Å². The van der Waals surface area contributed by atoms with Crippen LogP contribution >= 0.6 is 11.3 Å². The molecule has 3 aromatic rings. The first-order valence-corrected chi connectivity index (χ1v) is 7.27. The highest BCUT2D eigenvalue weighted by Crippen LogP contribution is 2.25. The van der Waals surface area contributed by atoms with Gasteiger partial charge in [-0.05, 0) is 45.1 Å². The summed E-state index contributed by atoms with van der Waals surface area (Å²) in [5.74, 6) is 5.71. The van der Waals surface area contributed by atoms with Gasteiger partial charge >= 0.3 is 0 Å². The van der Waals surface area contributed by atoms with E-state index in [0.717, 1.165) is 6.42 Å². The van der Waals surface area contributed by atoms with Crippen molar-refractivity contribution in [1.29, 1.82) is 0 Å². The third-order valence-electron chi connectivity index (χ3n) is 3.45. The number of hydrogen-bond acceptors (Lipinski definition) is 3. The Bertz CT molecular complexity index is 656. The molecule has 1 heterocycles. The van der Waals surface area contributed by atoms with Crippen molar-refractivity contribution in [3.8, 4) is 0 Å². The lowest BCUT2D eigenvalue weighted by atomic mass is 9.96. The Labute approximate surface area is 116 Å². The summed E-state index contributed by atoms with van der Waals surface area (Å²) in [5.41, 5.74) is 5.50. The van der Waals surface area contributed by atoms with Gasteiger partial charge < -0.3 is 0 Å². The molecule has 1 atom stereocenters. The molecule has 0 aliphatic rings. The zero-order chi connectivity index (χ0) is 13.1. The van der Waals surface area contributed by atoms with Gasteiger partial charge in [0.1, 0.15) is 0 Å². The molecular weight excluding hydrogens is 252 g/mol. The van der Waals surface area contributed by atoms with Crippen molar-refractivity contribution >= 4 is 22.1 Å². The minimum atomic E-state index is 0.164. The number of rotatable bonds is 4. The average Bonchev–Trinajstić information content (AvgIpc) is 2.99. The molecule has 0 amide bonds. The van der Waals surface area contributed by atoms with E-state index in [1.807, 2.05) is 0 Å². The number of hydrogen-bond donors (Lipinski definition) is 2. The number of thiophene rings is 1. The molecule has 0 spiro atoms. The summed E-state index contributed by atoms with van der Waals surface area (Å²) in [7, 11) is 0. The summed E-state index contributed by atoms with van der Waals surface area (Å²) >= 11 is 1.70. The number of nitrogens with two attached hydrogens (primary N) is 1. The van der Waals surface area contributed by atoms with Crippen LogP contribution in [0.15, 0.2) is 59.3 Å². The molecule has 19 heavy (non-hydrogen) atoms. The fourth-order valence-corrected chi connectivity index (χ4v) is 3.15. The zero-order valence-corrected chi connectivity index (χ0v) is 11.4. The van der Waals surface area contributed by atoms with Crippen molar-refractivity contribution in [2.75, 3.05) is 0 Å². The highest BCUT2D eigenvalue weighted by Gasteiger charge is 2.12. The number of fused-ring (bicyclic) bond motifs is 1. The van der Waals surface area contributed by atoms with E-state index < -0.39 is 0 Å². The molecule has 0 fully saturated rings. The summed E-state index contributed by atoms with van der Waals surface area (Å²) in [4.78, 5) is 0. The van der Waals surface area contributed by atoms with Crippen molar-refractivity contribution in [2.45, 2.75) is 12.5 Å². The fraction of sp³-hybridized carbons (Fsp3) is 0.125. The third kappa shape index (κ3) is 2.54. The Morgan fingerprint density at radius 1 is 1.05 bits per heavy atom. The first kappa shape index (κ1) is 12.4. The maximum Gasteiger partial charge on any atom is 0.0508 e. The third-order valence-corrected chi connectivity index (χ3v) is 4.15. The molecule has 0 saturated heterocycles. The van der Waals surface area contributed by atoms with Crippen molar-refractivity contribution in [2.24, 2.45) is 5.84 Å². The highest BCUT2D eigenvalue weighted by molar-refractivity contribution is 7.07. The van der Waals surface area contributed by atoms with Gasteiger partial charge in [-0.2, -0.15) is 11.3 Å². The van der Waals surface area contributed by atoms with E-state index in [9.17, 15) is 0 Å². The minimum Gasteiger partial charge on any atom is -0.271 e. The van der Waals surface area contributed by atoms with Crippen LogP contribution in [0.5, 0.6) is 0 Å². The van der Waals surface area contributed by atoms with Crippen molar-refractivity contribution < 1.29 is 0 Å². The average molecular weight is 268 g/mol. The molecule has 0 aliphatic carbocycles. The smallest absolute Gasteiger partial charge is 0.0508 e. The molecule has 1 aromatic heterocycles. The lowest BCUT2D eigenvalue weighted by molar-refractivity contribution is 0.555. The van der Waals surface area contributed by atoms with Gasteiger partial charge in [-0.15, -0.1) is 0 Å². The molecule has 0 saturated carbocycles. The lowest BCUT2D eigenvalue weighted by Crippen LogP contribution is -2.29.